The molecule has 5 rings (SSSR count). The number of rotatable bonds is 7. The van der Waals surface area contributed by atoms with E-state index in [4.69, 9.17) is 20.0 Å². The number of nitrogens with one attached hydrogen (secondary N) is 1. The van der Waals surface area contributed by atoms with Crippen molar-refractivity contribution in [1.82, 2.24) is 20.2 Å². The largest absolute Gasteiger partial charge is 0.454 e. The fourth-order valence-electron chi connectivity index (χ4n) is 4.20. The molecule has 1 saturated heterocycles. The van der Waals surface area contributed by atoms with E-state index in [1.54, 1.807) is 6.07 Å². The quantitative estimate of drug-likeness (QED) is 0.282. The molecule has 11 heteroatoms. The van der Waals surface area contributed by atoms with Gasteiger partial charge < -0.3 is 25.4 Å². The second kappa shape index (κ2) is 9.90. The molecule has 0 spiro atoms. The van der Waals surface area contributed by atoms with Crippen LogP contribution in [0.25, 0.3) is 10.2 Å². The van der Waals surface area contributed by atoms with E-state index in [9.17, 15) is 4.79 Å². The van der Waals surface area contributed by atoms with Gasteiger partial charge in [0.25, 0.3) is 5.91 Å². The number of hydrogen-bond donors (Lipinski definition) is 2. The smallest absolute Gasteiger partial charge is 0.261 e. The van der Waals surface area contributed by atoms with Crippen LogP contribution in [0.15, 0.2) is 29.4 Å². The second-order valence-electron chi connectivity index (χ2n) is 9.85. The Kier molecular flexibility index (Phi) is 6.67. The van der Waals surface area contributed by atoms with Crippen molar-refractivity contribution >= 4 is 39.1 Å². The van der Waals surface area contributed by atoms with E-state index in [0.717, 1.165) is 25.2 Å². The Morgan fingerprint density at radius 3 is 2.75 bits per heavy atom. The first-order valence-electron chi connectivity index (χ1n) is 12.0. The van der Waals surface area contributed by atoms with E-state index in [1.165, 1.54) is 24.2 Å². The normalized spacial score (nSPS) is 16.0. The predicted octanol–water partition coefficient (Wildman–Crippen LogP) is 3.40. The highest BCUT2D eigenvalue weighted by Gasteiger charge is 2.24. The van der Waals surface area contributed by atoms with E-state index >= 15 is 0 Å². The van der Waals surface area contributed by atoms with Crippen LogP contribution in [0.2, 0.25) is 0 Å². The summed E-state index contributed by atoms with van der Waals surface area (Å²) in [6.45, 7) is 9.38. The average Bonchev–Trinajstić information content (AvgIpc) is 3.57. The van der Waals surface area contributed by atoms with Crippen LogP contribution in [0.3, 0.4) is 0 Å². The Hall–Kier alpha value is -3.44. The van der Waals surface area contributed by atoms with E-state index in [0.29, 0.717) is 44.6 Å². The van der Waals surface area contributed by atoms with Crippen molar-refractivity contribution in [3.8, 4) is 11.5 Å². The number of hydrogen-bond acceptors (Lipinski definition) is 10. The average molecular weight is 511 g/mol. The van der Waals surface area contributed by atoms with Gasteiger partial charge in [0.2, 0.25) is 12.7 Å². The summed E-state index contributed by atoms with van der Waals surface area (Å²) >= 11 is 1.26. The number of nitrogens with two attached hydrogens (primary N) is 1. The molecule has 1 amide bonds. The highest BCUT2D eigenvalue weighted by Crippen LogP contribution is 2.35. The Bertz CT molecular complexity index is 1310. The molecule has 3 aromatic rings. The zero-order chi connectivity index (χ0) is 25.3. The molecule has 0 bridgehead atoms. The Morgan fingerprint density at radius 1 is 1.19 bits per heavy atom. The van der Waals surface area contributed by atoms with Crippen molar-refractivity contribution in [3.05, 3.63) is 40.4 Å². The summed E-state index contributed by atoms with van der Waals surface area (Å²) in [5.74, 6) is 1.19. The number of aromatic nitrogens is 2. The highest BCUT2D eigenvalue weighted by molar-refractivity contribution is 7.20. The molecule has 1 fully saturated rings. The molecule has 0 atom stereocenters. The maximum atomic E-state index is 12.9. The topological polar surface area (TPSA) is 124 Å². The molecule has 0 aliphatic carbocycles. The van der Waals surface area contributed by atoms with Gasteiger partial charge in [-0.3, -0.25) is 9.69 Å². The van der Waals surface area contributed by atoms with Gasteiger partial charge in [-0.05, 0) is 71.0 Å². The zero-order valence-corrected chi connectivity index (χ0v) is 21.5. The van der Waals surface area contributed by atoms with Gasteiger partial charge in [0.15, 0.2) is 11.5 Å². The van der Waals surface area contributed by atoms with Gasteiger partial charge in [-0.1, -0.05) is 5.16 Å². The lowest BCUT2D eigenvalue weighted by Crippen LogP contribution is -2.40. The van der Waals surface area contributed by atoms with Crippen molar-refractivity contribution in [1.29, 1.82) is 0 Å². The molecule has 2 aliphatic heterocycles. The third-order valence-electron chi connectivity index (χ3n) is 5.85. The maximum absolute atomic E-state index is 12.9. The fraction of sp³-hybridized carbons (Fsp3) is 0.440. The maximum Gasteiger partial charge on any atom is 0.261 e. The highest BCUT2D eigenvalue weighted by atomic mass is 32.1. The van der Waals surface area contributed by atoms with Crippen molar-refractivity contribution in [2.45, 2.75) is 39.2 Å². The summed E-state index contributed by atoms with van der Waals surface area (Å²) < 4.78 is 11.0. The van der Waals surface area contributed by atoms with Crippen LogP contribution in [0.4, 0.5) is 5.95 Å². The van der Waals surface area contributed by atoms with Crippen LogP contribution in [0, 0.1) is 0 Å². The summed E-state index contributed by atoms with van der Waals surface area (Å²) in [7, 11) is 0. The molecule has 190 valence electrons. The minimum atomic E-state index is -0.372. The first kappa shape index (κ1) is 24.3. The van der Waals surface area contributed by atoms with Gasteiger partial charge in [-0.2, -0.15) is 0 Å². The second-order valence-corrected chi connectivity index (χ2v) is 10.9. The van der Waals surface area contributed by atoms with Crippen LogP contribution in [-0.4, -0.2) is 65.1 Å². The summed E-state index contributed by atoms with van der Waals surface area (Å²) in [6.07, 6.45) is 2.43. The number of fused-ring (bicyclic) bond motifs is 2. The number of carbonyl (C=O) groups excluding carboxylic acids is 1. The first-order chi connectivity index (χ1) is 17.3. The molecule has 2 aromatic heterocycles. The van der Waals surface area contributed by atoms with E-state index in [-0.39, 0.29) is 24.2 Å². The van der Waals surface area contributed by atoms with Gasteiger partial charge in [0, 0.05) is 23.0 Å². The van der Waals surface area contributed by atoms with E-state index in [2.05, 4.69) is 25.3 Å². The van der Waals surface area contributed by atoms with Crippen molar-refractivity contribution in [2.75, 3.05) is 38.8 Å². The summed E-state index contributed by atoms with van der Waals surface area (Å²) in [5.41, 5.74) is 7.42. The molecule has 4 heterocycles. The van der Waals surface area contributed by atoms with Gasteiger partial charge in [0.05, 0.1) is 4.88 Å². The molecule has 10 nitrogen and oxygen atoms in total. The van der Waals surface area contributed by atoms with Crippen LogP contribution in [0.1, 0.15) is 54.5 Å². The molecule has 1 aromatic carbocycles. The lowest BCUT2D eigenvalue weighted by molar-refractivity contribution is 0.0923. The fourth-order valence-corrected chi connectivity index (χ4v) is 5.13. The number of carbonyl (C=O) groups is 1. The van der Waals surface area contributed by atoms with Gasteiger partial charge >= 0.3 is 0 Å². The number of anilines is 1. The number of nitrogens with zero attached hydrogens (tertiary/aromatic N) is 4. The first-order valence-corrected chi connectivity index (χ1v) is 12.8. The zero-order valence-electron chi connectivity index (χ0n) is 20.7. The van der Waals surface area contributed by atoms with E-state index < -0.39 is 0 Å². The standard InChI is InChI=1S/C25H30N6O4S/c1-25(2,3)29-22(32)19-13-16-21(27-24(26)28-23(16)36-19)20(30-35-11-10-31-8-4-5-9-31)15-6-7-17-18(12-15)34-14-33-17/h6-7,12-13H,4-5,8-11,14H2,1-3H3,(H,29,32)(H2,26,27,28). The van der Waals surface area contributed by atoms with Gasteiger partial charge in [-0.15, -0.1) is 11.3 Å². The minimum absolute atomic E-state index is 0.0904. The summed E-state index contributed by atoms with van der Waals surface area (Å²) in [4.78, 5) is 31.0. The van der Waals surface area contributed by atoms with Crippen LogP contribution < -0.4 is 20.5 Å². The summed E-state index contributed by atoms with van der Waals surface area (Å²) in [6, 6.07) is 7.33. The number of likely N-dealkylation sites (tertiary alicyclic amines) is 1. The number of nitrogen functional groups attached to an aromatic ring is 1. The van der Waals surface area contributed by atoms with Crippen molar-refractivity contribution in [2.24, 2.45) is 5.16 Å². The lowest BCUT2D eigenvalue weighted by Gasteiger charge is -2.19. The van der Waals surface area contributed by atoms with Crippen molar-refractivity contribution < 1.29 is 19.1 Å². The molecule has 0 saturated carbocycles. The molecule has 0 unspecified atom stereocenters. The van der Waals surface area contributed by atoms with Crippen molar-refractivity contribution in [3.63, 3.8) is 0 Å². The number of benzene rings is 1. The molecular weight excluding hydrogens is 480 g/mol. The third-order valence-corrected chi connectivity index (χ3v) is 6.87. The number of thiophene rings is 1. The lowest BCUT2D eigenvalue weighted by atomic mass is 10.0. The molecule has 36 heavy (non-hydrogen) atoms. The predicted molar refractivity (Wildman–Crippen MR) is 139 cm³/mol. The minimum Gasteiger partial charge on any atom is -0.454 e. The Balaban J connectivity index is 1.53. The number of ether oxygens (including phenoxy) is 2. The van der Waals surface area contributed by atoms with E-state index in [1.807, 2.05) is 39.0 Å². The van der Waals surface area contributed by atoms with Gasteiger partial charge in [0.1, 0.15) is 22.8 Å². The Labute approximate surface area is 213 Å². The molecule has 3 N–H and O–H groups in total. The third kappa shape index (κ3) is 5.36. The Morgan fingerprint density at radius 2 is 1.97 bits per heavy atom. The van der Waals surface area contributed by atoms with Gasteiger partial charge in [-0.25, -0.2) is 9.97 Å². The number of oxime groups is 1. The van der Waals surface area contributed by atoms with Crippen LogP contribution in [-0.2, 0) is 4.84 Å². The van der Waals surface area contributed by atoms with Crippen LogP contribution in [0.5, 0.6) is 11.5 Å². The molecule has 2 aliphatic rings. The monoisotopic (exact) mass is 510 g/mol. The van der Waals surface area contributed by atoms with Crippen LogP contribution >= 0.6 is 11.3 Å². The summed E-state index contributed by atoms with van der Waals surface area (Å²) in [5, 5.41) is 8.17. The molecular formula is C25H30N6O4S. The number of amides is 1. The molecule has 0 radical (unpaired) electrons. The SMILES string of the molecule is CC(C)(C)NC(=O)c1cc2c(C(=NOCCN3CCCC3)c3ccc4c(c3)OCO4)nc(N)nc2s1.